The quantitative estimate of drug-likeness (QED) is 0.747. The van der Waals surface area contributed by atoms with Crippen molar-refractivity contribution in [2.24, 2.45) is 17.8 Å². The Morgan fingerprint density at radius 3 is 2.42 bits per heavy atom. The maximum absolute atomic E-state index is 11.9. The zero-order valence-corrected chi connectivity index (χ0v) is 12.2. The summed E-state index contributed by atoms with van der Waals surface area (Å²) in [5.41, 5.74) is 0. The van der Waals surface area contributed by atoms with E-state index in [1.54, 1.807) is 0 Å². The van der Waals surface area contributed by atoms with Crippen LogP contribution in [0.2, 0.25) is 0 Å². The van der Waals surface area contributed by atoms with Crippen molar-refractivity contribution in [3.63, 3.8) is 0 Å². The summed E-state index contributed by atoms with van der Waals surface area (Å²) < 4.78 is 0. The fourth-order valence-corrected chi connectivity index (χ4v) is 2.85. The van der Waals surface area contributed by atoms with Crippen LogP contribution in [0.15, 0.2) is 0 Å². The second-order valence-electron chi connectivity index (χ2n) is 6.09. The summed E-state index contributed by atoms with van der Waals surface area (Å²) in [6.07, 6.45) is 7.53. The Labute approximate surface area is 116 Å². The molecule has 2 N–H and O–H groups in total. The molecule has 1 fully saturated rings. The van der Waals surface area contributed by atoms with Gasteiger partial charge in [0.05, 0.1) is 0 Å². The lowest BCUT2D eigenvalue weighted by atomic mass is 9.83. The van der Waals surface area contributed by atoms with Crippen LogP contribution < -0.4 is 5.32 Å². The van der Waals surface area contributed by atoms with Gasteiger partial charge >= 0.3 is 5.97 Å². The number of hydrogen-bond acceptors (Lipinski definition) is 2. The highest BCUT2D eigenvalue weighted by molar-refractivity contribution is 5.78. The van der Waals surface area contributed by atoms with Crippen LogP contribution in [0.4, 0.5) is 0 Å². The Morgan fingerprint density at radius 2 is 1.84 bits per heavy atom. The lowest BCUT2D eigenvalue weighted by Gasteiger charge is -2.24. The molecule has 0 bridgehead atoms. The summed E-state index contributed by atoms with van der Waals surface area (Å²) in [4.78, 5) is 22.5. The highest BCUT2D eigenvalue weighted by Gasteiger charge is 2.21. The molecule has 0 spiro atoms. The van der Waals surface area contributed by atoms with E-state index in [0.29, 0.717) is 12.5 Å². The van der Waals surface area contributed by atoms with E-state index >= 15 is 0 Å². The first kappa shape index (κ1) is 16.0. The largest absolute Gasteiger partial charge is 0.481 e. The van der Waals surface area contributed by atoms with Crippen molar-refractivity contribution in [1.82, 2.24) is 5.32 Å². The van der Waals surface area contributed by atoms with Gasteiger partial charge in [-0.1, -0.05) is 46.0 Å². The molecule has 1 amide bonds. The third-order valence-electron chi connectivity index (χ3n) is 4.01. The van der Waals surface area contributed by atoms with Gasteiger partial charge in [0.25, 0.3) is 0 Å². The van der Waals surface area contributed by atoms with Crippen LogP contribution in [0, 0.1) is 17.8 Å². The molecule has 0 aromatic carbocycles. The van der Waals surface area contributed by atoms with Gasteiger partial charge in [0.15, 0.2) is 0 Å². The average molecular weight is 269 g/mol. The molecule has 1 saturated carbocycles. The van der Waals surface area contributed by atoms with Crippen molar-refractivity contribution in [3.05, 3.63) is 0 Å². The van der Waals surface area contributed by atoms with Crippen molar-refractivity contribution in [2.45, 2.75) is 58.8 Å². The zero-order valence-electron chi connectivity index (χ0n) is 12.2. The van der Waals surface area contributed by atoms with Crippen LogP contribution in [0.1, 0.15) is 58.8 Å². The van der Waals surface area contributed by atoms with Crippen LogP contribution in [0.5, 0.6) is 0 Å². The molecule has 0 saturated heterocycles. The van der Waals surface area contributed by atoms with E-state index in [-0.39, 0.29) is 24.2 Å². The van der Waals surface area contributed by atoms with Gasteiger partial charge in [-0.15, -0.1) is 0 Å². The molecular formula is C15H27NO3. The number of hydrogen-bond donors (Lipinski definition) is 2. The molecule has 4 nitrogen and oxygen atoms in total. The summed E-state index contributed by atoms with van der Waals surface area (Å²) in [6.45, 7) is 4.28. The zero-order chi connectivity index (χ0) is 14.3. The molecule has 1 rings (SSSR count). The number of aliphatic carboxylic acids is 1. The molecule has 0 aromatic heterocycles. The van der Waals surface area contributed by atoms with E-state index in [1.165, 1.54) is 32.1 Å². The number of carboxylic acid groups (broad SMARTS) is 1. The van der Waals surface area contributed by atoms with Gasteiger partial charge in [-0.3, -0.25) is 9.59 Å². The van der Waals surface area contributed by atoms with E-state index in [1.807, 2.05) is 13.8 Å². The molecule has 2 unspecified atom stereocenters. The summed E-state index contributed by atoms with van der Waals surface area (Å²) in [5.74, 6) is -0.00535. The Morgan fingerprint density at radius 1 is 1.21 bits per heavy atom. The Kier molecular flexibility index (Phi) is 6.89. The Hall–Kier alpha value is -1.06. The first-order chi connectivity index (χ1) is 8.99. The maximum atomic E-state index is 11.9. The predicted octanol–water partition coefficient (Wildman–Crippen LogP) is 2.82. The molecule has 110 valence electrons. The smallest absolute Gasteiger partial charge is 0.303 e. The second-order valence-corrected chi connectivity index (χ2v) is 6.09. The number of carbonyl (C=O) groups is 2. The Bertz CT molecular complexity index is 298. The van der Waals surface area contributed by atoms with Gasteiger partial charge < -0.3 is 10.4 Å². The lowest BCUT2D eigenvalue weighted by molar-refractivity contribution is -0.138. The first-order valence-corrected chi connectivity index (χ1v) is 7.48. The van der Waals surface area contributed by atoms with Crippen molar-refractivity contribution in [3.8, 4) is 0 Å². The van der Waals surface area contributed by atoms with Crippen LogP contribution >= 0.6 is 0 Å². The number of rotatable bonds is 7. The van der Waals surface area contributed by atoms with Crippen molar-refractivity contribution in [1.29, 1.82) is 0 Å². The summed E-state index contributed by atoms with van der Waals surface area (Å²) in [7, 11) is 0. The van der Waals surface area contributed by atoms with E-state index < -0.39 is 5.97 Å². The lowest BCUT2D eigenvalue weighted by Crippen LogP contribution is -2.34. The van der Waals surface area contributed by atoms with Crippen LogP contribution in [0.25, 0.3) is 0 Å². The summed E-state index contributed by atoms with van der Waals surface area (Å²) in [5, 5.41) is 11.5. The van der Waals surface area contributed by atoms with Gasteiger partial charge in [-0.05, 0) is 18.3 Å². The minimum atomic E-state index is -0.808. The normalized spacial score (nSPS) is 19.7. The number of nitrogens with one attached hydrogen (secondary N) is 1. The third kappa shape index (κ3) is 6.60. The van der Waals surface area contributed by atoms with Gasteiger partial charge in [-0.2, -0.15) is 0 Å². The SMILES string of the molecule is CC(CNC(=O)C(C)CC1CCCCC1)CC(=O)O. The van der Waals surface area contributed by atoms with Crippen molar-refractivity contribution >= 4 is 11.9 Å². The molecule has 1 aliphatic rings. The van der Waals surface area contributed by atoms with Crippen LogP contribution in [-0.2, 0) is 9.59 Å². The monoisotopic (exact) mass is 269 g/mol. The Balaban J connectivity index is 2.22. The average Bonchev–Trinajstić information content (AvgIpc) is 2.36. The topological polar surface area (TPSA) is 66.4 Å². The van der Waals surface area contributed by atoms with Crippen LogP contribution in [0.3, 0.4) is 0 Å². The molecule has 0 aliphatic heterocycles. The van der Waals surface area contributed by atoms with Crippen molar-refractivity contribution < 1.29 is 14.7 Å². The number of carboxylic acids is 1. The molecule has 4 heteroatoms. The van der Waals surface area contributed by atoms with E-state index in [2.05, 4.69) is 5.32 Å². The molecular weight excluding hydrogens is 242 g/mol. The minimum Gasteiger partial charge on any atom is -0.481 e. The minimum absolute atomic E-state index is 0.0108. The number of amides is 1. The third-order valence-corrected chi connectivity index (χ3v) is 4.01. The van der Waals surface area contributed by atoms with E-state index in [4.69, 9.17) is 5.11 Å². The van der Waals surface area contributed by atoms with E-state index in [9.17, 15) is 9.59 Å². The first-order valence-electron chi connectivity index (χ1n) is 7.48. The van der Waals surface area contributed by atoms with E-state index in [0.717, 1.165) is 6.42 Å². The van der Waals surface area contributed by atoms with Crippen molar-refractivity contribution in [2.75, 3.05) is 6.54 Å². The molecule has 2 atom stereocenters. The fraction of sp³-hybridized carbons (Fsp3) is 0.867. The highest BCUT2D eigenvalue weighted by atomic mass is 16.4. The van der Waals surface area contributed by atoms with Gasteiger partial charge in [0, 0.05) is 18.9 Å². The predicted molar refractivity (Wildman–Crippen MR) is 74.8 cm³/mol. The maximum Gasteiger partial charge on any atom is 0.303 e. The van der Waals surface area contributed by atoms with Crippen LogP contribution in [-0.4, -0.2) is 23.5 Å². The number of carbonyl (C=O) groups excluding carboxylic acids is 1. The highest BCUT2D eigenvalue weighted by Crippen LogP contribution is 2.28. The molecule has 0 aromatic rings. The molecule has 0 radical (unpaired) electrons. The fourth-order valence-electron chi connectivity index (χ4n) is 2.85. The summed E-state index contributed by atoms with van der Waals surface area (Å²) >= 11 is 0. The van der Waals surface area contributed by atoms with Gasteiger partial charge in [-0.25, -0.2) is 0 Å². The second kappa shape index (κ2) is 8.18. The van der Waals surface area contributed by atoms with Gasteiger partial charge in [0.1, 0.15) is 0 Å². The molecule has 0 heterocycles. The molecule has 1 aliphatic carbocycles. The standard InChI is InChI=1S/C15H27NO3/c1-11(8-14(17)18)10-16-15(19)12(2)9-13-6-4-3-5-7-13/h11-13H,3-10H2,1-2H3,(H,16,19)(H,17,18). The summed E-state index contributed by atoms with van der Waals surface area (Å²) in [6, 6.07) is 0. The molecule has 19 heavy (non-hydrogen) atoms. The van der Waals surface area contributed by atoms with Gasteiger partial charge in [0.2, 0.25) is 5.91 Å².